The maximum atomic E-state index is 13.6. The van der Waals surface area contributed by atoms with Crippen LogP contribution < -0.4 is 10.6 Å². The fourth-order valence-electron chi connectivity index (χ4n) is 2.74. The summed E-state index contributed by atoms with van der Waals surface area (Å²) in [5, 5.41) is 15.6. The van der Waals surface area contributed by atoms with Crippen molar-refractivity contribution < 1.29 is 17.9 Å². The minimum absolute atomic E-state index is 0. The summed E-state index contributed by atoms with van der Waals surface area (Å²) in [4.78, 5) is 4.14. The first-order valence-electron chi connectivity index (χ1n) is 8.94. The largest absolute Gasteiger partial charge is 0.508 e. The number of hydrogen-bond donors (Lipinski definition) is 3. The summed E-state index contributed by atoms with van der Waals surface area (Å²) in [5.74, 6) is 0.258. The molecule has 0 atom stereocenters. The van der Waals surface area contributed by atoms with Gasteiger partial charge in [-0.25, -0.2) is 12.8 Å². The number of halogens is 2. The highest BCUT2D eigenvalue weighted by molar-refractivity contribution is 14.0. The Kier molecular flexibility index (Phi) is 10.4. The van der Waals surface area contributed by atoms with Gasteiger partial charge in [0, 0.05) is 26.4 Å². The van der Waals surface area contributed by atoms with E-state index in [1.807, 2.05) is 12.1 Å². The monoisotopic (exact) mass is 535 g/mol. The van der Waals surface area contributed by atoms with Crippen molar-refractivity contribution in [3.05, 3.63) is 65.0 Å². The highest BCUT2D eigenvalue weighted by Gasteiger charge is 2.11. The molecule has 0 saturated carbocycles. The van der Waals surface area contributed by atoms with Gasteiger partial charge in [-0.3, -0.25) is 4.99 Å². The van der Waals surface area contributed by atoms with E-state index < -0.39 is 15.7 Å². The molecule has 0 fully saturated rings. The molecular weight excluding hydrogens is 508 g/mol. The first-order valence-corrected chi connectivity index (χ1v) is 11.0. The Morgan fingerprint density at radius 3 is 2.41 bits per heavy atom. The number of nitrogens with one attached hydrogen (secondary N) is 2. The van der Waals surface area contributed by atoms with Crippen LogP contribution in [0.3, 0.4) is 0 Å². The lowest BCUT2D eigenvalue weighted by Crippen LogP contribution is -2.37. The third-order valence-electron chi connectivity index (χ3n) is 4.13. The van der Waals surface area contributed by atoms with Gasteiger partial charge >= 0.3 is 0 Å². The molecule has 0 aliphatic rings. The van der Waals surface area contributed by atoms with E-state index in [4.69, 9.17) is 0 Å². The zero-order chi connectivity index (χ0) is 20.6. The van der Waals surface area contributed by atoms with Crippen LogP contribution in [0.1, 0.15) is 23.1 Å². The molecule has 0 radical (unpaired) electrons. The number of benzene rings is 2. The van der Waals surface area contributed by atoms with Crippen molar-refractivity contribution in [1.29, 1.82) is 0 Å². The summed E-state index contributed by atoms with van der Waals surface area (Å²) < 4.78 is 36.7. The van der Waals surface area contributed by atoms with Crippen LogP contribution >= 0.6 is 24.0 Å². The first kappa shape index (κ1) is 25.2. The molecule has 0 amide bonds. The van der Waals surface area contributed by atoms with E-state index in [1.54, 1.807) is 19.2 Å². The average molecular weight is 535 g/mol. The lowest BCUT2D eigenvalue weighted by Gasteiger charge is -2.14. The quantitative estimate of drug-likeness (QED) is 0.209. The van der Waals surface area contributed by atoms with E-state index in [0.29, 0.717) is 23.6 Å². The number of phenols is 1. The van der Waals surface area contributed by atoms with Crippen molar-refractivity contribution in [1.82, 2.24) is 10.6 Å². The number of phenolic OH excluding ortho intramolecular Hbond substituents is 1. The third kappa shape index (κ3) is 9.44. The maximum absolute atomic E-state index is 13.6. The average Bonchev–Trinajstić information content (AvgIpc) is 2.63. The Labute approximate surface area is 188 Å². The SMILES string of the molecule is CN=C(NCCCc1ccc(O)cc1)NCc1cc(F)ccc1CS(C)(=O)=O.I. The lowest BCUT2D eigenvalue weighted by molar-refractivity contribution is 0.475. The molecule has 0 aromatic heterocycles. The van der Waals surface area contributed by atoms with Crippen molar-refractivity contribution in [2.75, 3.05) is 19.8 Å². The zero-order valence-corrected chi connectivity index (χ0v) is 19.6. The third-order valence-corrected chi connectivity index (χ3v) is 4.96. The molecule has 3 N–H and O–H groups in total. The van der Waals surface area contributed by atoms with Crippen molar-refractivity contribution in [2.24, 2.45) is 4.99 Å². The normalized spacial score (nSPS) is 11.6. The minimum Gasteiger partial charge on any atom is -0.508 e. The second kappa shape index (κ2) is 12.0. The second-order valence-electron chi connectivity index (χ2n) is 6.61. The van der Waals surface area contributed by atoms with E-state index in [0.717, 1.165) is 24.7 Å². The smallest absolute Gasteiger partial charge is 0.191 e. The van der Waals surface area contributed by atoms with Crippen LogP contribution in [0.2, 0.25) is 0 Å². The van der Waals surface area contributed by atoms with E-state index in [1.165, 1.54) is 18.2 Å². The summed E-state index contributed by atoms with van der Waals surface area (Å²) in [5.41, 5.74) is 2.28. The molecule has 0 unspecified atom stereocenters. The predicted molar refractivity (Wildman–Crippen MR) is 125 cm³/mol. The van der Waals surface area contributed by atoms with Crippen LogP contribution in [-0.4, -0.2) is 39.3 Å². The summed E-state index contributed by atoms with van der Waals surface area (Å²) in [6.07, 6.45) is 2.87. The summed E-state index contributed by atoms with van der Waals surface area (Å²) >= 11 is 0. The van der Waals surface area contributed by atoms with Gasteiger partial charge in [-0.15, -0.1) is 24.0 Å². The zero-order valence-electron chi connectivity index (χ0n) is 16.5. The highest BCUT2D eigenvalue weighted by Crippen LogP contribution is 2.14. The molecule has 0 aliphatic carbocycles. The highest BCUT2D eigenvalue weighted by atomic mass is 127. The Bertz CT molecular complexity index is 919. The van der Waals surface area contributed by atoms with Crippen molar-refractivity contribution in [2.45, 2.75) is 25.1 Å². The van der Waals surface area contributed by atoms with Crippen molar-refractivity contribution in [3.8, 4) is 5.75 Å². The summed E-state index contributed by atoms with van der Waals surface area (Å²) in [6.45, 7) is 0.945. The topological polar surface area (TPSA) is 90.8 Å². The first-order chi connectivity index (χ1) is 13.3. The van der Waals surface area contributed by atoms with E-state index in [9.17, 15) is 17.9 Å². The van der Waals surface area contributed by atoms with Gasteiger partial charge in [0.25, 0.3) is 0 Å². The van der Waals surface area contributed by atoms with Crippen LogP contribution in [0.25, 0.3) is 0 Å². The molecule has 0 saturated heterocycles. The number of nitrogens with zero attached hydrogens (tertiary/aromatic N) is 1. The van der Waals surface area contributed by atoms with Crippen molar-refractivity contribution >= 4 is 39.8 Å². The van der Waals surface area contributed by atoms with Crippen molar-refractivity contribution in [3.63, 3.8) is 0 Å². The molecule has 2 rings (SSSR count). The number of aliphatic imine (C=N–C) groups is 1. The van der Waals surface area contributed by atoms with Gasteiger partial charge in [-0.2, -0.15) is 0 Å². The maximum Gasteiger partial charge on any atom is 0.191 e. The molecule has 0 heterocycles. The number of sulfone groups is 1. The molecule has 29 heavy (non-hydrogen) atoms. The summed E-state index contributed by atoms with van der Waals surface area (Å²) in [6, 6.07) is 11.2. The van der Waals surface area contributed by atoms with Crippen LogP contribution in [0.5, 0.6) is 5.75 Å². The molecule has 0 bridgehead atoms. The Morgan fingerprint density at radius 2 is 1.79 bits per heavy atom. The molecule has 0 spiro atoms. The van der Waals surface area contributed by atoms with E-state index in [-0.39, 0.29) is 42.0 Å². The van der Waals surface area contributed by atoms with Crippen LogP contribution in [0, 0.1) is 5.82 Å². The number of aromatic hydroxyl groups is 1. The molecule has 0 aliphatic heterocycles. The van der Waals surface area contributed by atoms with Gasteiger partial charge in [0.15, 0.2) is 15.8 Å². The fourth-order valence-corrected chi connectivity index (χ4v) is 3.59. The molecule has 2 aromatic carbocycles. The number of guanidine groups is 1. The van der Waals surface area contributed by atoms with Gasteiger partial charge in [-0.1, -0.05) is 18.2 Å². The van der Waals surface area contributed by atoms with E-state index >= 15 is 0 Å². The Morgan fingerprint density at radius 1 is 1.10 bits per heavy atom. The van der Waals surface area contributed by atoms with Crippen LogP contribution in [0.15, 0.2) is 47.5 Å². The second-order valence-corrected chi connectivity index (χ2v) is 8.75. The number of rotatable bonds is 8. The Balaban J connectivity index is 0.00000420. The van der Waals surface area contributed by atoms with Gasteiger partial charge in [-0.05, 0) is 53.8 Å². The van der Waals surface area contributed by atoms with Crippen LogP contribution in [-0.2, 0) is 28.6 Å². The lowest BCUT2D eigenvalue weighted by atomic mass is 10.1. The number of aryl methyl sites for hydroxylation is 1. The van der Waals surface area contributed by atoms with Gasteiger partial charge < -0.3 is 15.7 Å². The Hall–Kier alpha value is -1.88. The number of hydrogen-bond acceptors (Lipinski definition) is 4. The van der Waals surface area contributed by atoms with Gasteiger partial charge in [0.05, 0.1) is 5.75 Å². The summed E-state index contributed by atoms with van der Waals surface area (Å²) in [7, 11) is -1.58. The van der Waals surface area contributed by atoms with Gasteiger partial charge in [0.1, 0.15) is 11.6 Å². The van der Waals surface area contributed by atoms with Gasteiger partial charge in [0.2, 0.25) is 0 Å². The fraction of sp³-hybridized carbons (Fsp3) is 0.350. The van der Waals surface area contributed by atoms with E-state index in [2.05, 4.69) is 15.6 Å². The van der Waals surface area contributed by atoms with Crippen LogP contribution in [0.4, 0.5) is 4.39 Å². The molecule has 2 aromatic rings. The standard InChI is InChI=1S/C20H26FN3O3S.HI/c1-22-20(23-11-3-4-15-5-9-19(25)10-6-15)24-13-17-12-18(21)8-7-16(17)14-28(2,26)27;/h5-10,12,25H,3-4,11,13-14H2,1-2H3,(H2,22,23,24);1H. The molecular formula is C20H27FIN3O3S. The molecule has 160 valence electrons. The molecule has 6 nitrogen and oxygen atoms in total. The molecule has 9 heteroatoms. The minimum atomic E-state index is -3.22. The predicted octanol–water partition coefficient (Wildman–Crippen LogP) is 2.99.